The van der Waals surface area contributed by atoms with E-state index >= 15 is 8.78 Å². The van der Waals surface area contributed by atoms with Gasteiger partial charge in [0.25, 0.3) is 5.92 Å². The lowest BCUT2D eigenvalue weighted by molar-refractivity contribution is -0.0308. The maximum atomic E-state index is 15.5. The van der Waals surface area contributed by atoms with E-state index in [0.29, 0.717) is 35.7 Å². The van der Waals surface area contributed by atoms with Crippen molar-refractivity contribution >= 4 is 0 Å². The average molecular weight is 465 g/mol. The van der Waals surface area contributed by atoms with Gasteiger partial charge < -0.3 is 14.2 Å². The van der Waals surface area contributed by atoms with E-state index in [-0.39, 0.29) is 11.1 Å². The Labute approximate surface area is 200 Å². The first-order chi connectivity index (χ1) is 16.5. The summed E-state index contributed by atoms with van der Waals surface area (Å²) in [5.41, 5.74) is 2.71. The third-order valence-corrected chi connectivity index (χ3v) is 6.03. The van der Waals surface area contributed by atoms with Crippen LogP contribution in [-0.2, 0) is 10.7 Å². The van der Waals surface area contributed by atoms with Gasteiger partial charge >= 0.3 is 0 Å². The quantitative estimate of drug-likeness (QED) is 0.162. The van der Waals surface area contributed by atoms with Crippen molar-refractivity contribution in [1.82, 2.24) is 0 Å². The van der Waals surface area contributed by atoms with Gasteiger partial charge in [-0.3, -0.25) is 0 Å². The van der Waals surface area contributed by atoms with E-state index in [0.717, 1.165) is 30.4 Å². The van der Waals surface area contributed by atoms with Gasteiger partial charge in [-0.05, 0) is 59.0 Å². The van der Waals surface area contributed by atoms with Crippen LogP contribution in [0.3, 0.4) is 0 Å². The molecule has 1 unspecified atom stereocenters. The van der Waals surface area contributed by atoms with Gasteiger partial charge in [0, 0.05) is 17.5 Å². The van der Waals surface area contributed by atoms with Gasteiger partial charge in [-0.25, -0.2) is 0 Å². The molecular formula is C29H30F2O3. The number of hydrogen-bond donors (Lipinski definition) is 0. The maximum absolute atomic E-state index is 15.5. The second-order valence-electron chi connectivity index (χ2n) is 8.38. The summed E-state index contributed by atoms with van der Waals surface area (Å²) < 4.78 is 47.7. The van der Waals surface area contributed by atoms with Gasteiger partial charge in [0.15, 0.2) is 0 Å². The highest BCUT2D eigenvalue weighted by Gasteiger charge is 2.44. The van der Waals surface area contributed by atoms with Crippen LogP contribution in [0, 0.1) is 0 Å². The van der Waals surface area contributed by atoms with Crippen LogP contribution in [0.1, 0.15) is 50.7 Å². The van der Waals surface area contributed by atoms with E-state index in [1.807, 2.05) is 37.3 Å². The third-order valence-electron chi connectivity index (χ3n) is 6.03. The molecule has 178 valence electrons. The van der Waals surface area contributed by atoms with E-state index < -0.39 is 12.2 Å². The van der Waals surface area contributed by atoms with E-state index in [1.54, 1.807) is 24.3 Å². The standard InChI is InChI=1S/C29H30F2O3/c1-4-7-8-17-33-23-14-16-25-24-15-11-21(18-26(24)29(30,31)27(25)19-23)20-9-12-22(13-10-20)34-28(5-2)32-6-3/h6,9-16,18-19,28H,3-5,7-8,17H2,1-2H3. The van der Waals surface area contributed by atoms with Crippen molar-refractivity contribution in [2.24, 2.45) is 0 Å². The highest BCUT2D eigenvalue weighted by atomic mass is 19.3. The van der Waals surface area contributed by atoms with E-state index in [1.165, 1.54) is 12.3 Å². The Morgan fingerprint density at radius 1 is 0.853 bits per heavy atom. The molecule has 0 fully saturated rings. The summed E-state index contributed by atoms with van der Waals surface area (Å²) in [7, 11) is 0. The van der Waals surface area contributed by atoms with Crippen LogP contribution in [-0.4, -0.2) is 12.9 Å². The molecule has 3 aromatic rings. The number of ether oxygens (including phenoxy) is 3. The van der Waals surface area contributed by atoms with Crippen LogP contribution in [0.4, 0.5) is 8.78 Å². The van der Waals surface area contributed by atoms with Crippen LogP contribution in [0.5, 0.6) is 11.5 Å². The SMILES string of the molecule is C=COC(CC)Oc1ccc(-c2ccc3c(c2)C(F)(F)c2cc(OCCCCC)ccc2-3)cc1. The van der Waals surface area contributed by atoms with Gasteiger partial charge in [0.1, 0.15) is 11.5 Å². The number of alkyl halides is 2. The first-order valence-electron chi connectivity index (χ1n) is 11.8. The minimum absolute atomic E-state index is 0.00390. The summed E-state index contributed by atoms with van der Waals surface area (Å²) in [4.78, 5) is 0. The van der Waals surface area contributed by atoms with Gasteiger partial charge in [-0.1, -0.05) is 63.6 Å². The first kappa shape index (κ1) is 23.8. The monoisotopic (exact) mass is 464 g/mol. The summed E-state index contributed by atoms with van der Waals surface area (Å²) in [6, 6.07) is 17.6. The lowest BCUT2D eigenvalue weighted by Gasteiger charge is -2.17. The second kappa shape index (κ2) is 10.3. The Morgan fingerprint density at radius 2 is 1.50 bits per heavy atom. The molecule has 1 aliphatic rings. The maximum Gasteiger partial charge on any atom is 0.299 e. The second-order valence-corrected chi connectivity index (χ2v) is 8.38. The summed E-state index contributed by atoms with van der Waals surface area (Å²) in [5, 5.41) is 0. The Balaban J connectivity index is 1.56. The molecule has 0 aromatic heterocycles. The number of rotatable bonds is 11. The summed E-state index contributed by atoms with van der Waals surface area (Å²) in [6.07, 6.45) is 4.66. The predicted molar refractivity (Wildman–Crippen MR) is 131 cm³/mol. The van der Waals surface area contributed by atoms with Crippen molar-refractivity contribution in [2.75, 3.05) is 6.61 Å². The average Bonchev–Trinajstić information content (AvgIpc) is 3.08. The van der Waals surface area contributed by atoms with Crippen LogP contribution in [0.15, 0.2) is 73.5 Å². The minimum Gasteiger partial charge on any atom is -0.494 e. The zero-order valence-corrected chi connectivity index (χ0v) is 19.7. The molecule has 1 atom stereocenters. The van der Waals surface area contributed by atoms with E-state index in [2.05, 4.69) is 13.5 Å². The van der Waals surface area contributed by atoms with Crippen molar-refractivity contribution in [2.45, 2.75) is 51.7 Å². The largest absolute Gasteiger partial charge is 0.494 e. The lowest BCUT2D eigenvalue weighted by atomic mass is 9.98. The normalized spacial score (nSPS) is 14.1. The number of unbranched alkanes of at least 4 members (excludes halogenated alkanes) is 2. The molecule has 0 bridgehead atoms. The van der Waals surface area contributed by atoms with Crippen LogP contribution in [0.2, 0.25) is 0 Å². The van der Waals surface area contributed by atoms with Crippen molar-refractivity contribution in [3.63, 3.8) is 0 Å². The summed E-state index contributed by atoms with van der Waals surface area (Å²) >= 11 is 0. The molecular weight excluding hydrogens is 434 g/mol. The highest BCUT2D eigenvalue weighted by Crippen LogP contribution is 2.52. The molecule has 4 rings (SSSR count). The molecule has 0 spiro atoms. The van der Waals surface area contributed by atoms with Crippen LogP contribution >= 0.6 is 0 Å². The molecule has 0 saturated heterocycles. The lowest BCUT2D eigenvalue weighted by Crippen LogP contribution is -2.16. The summed E-state index contributed by atoms with van der Waals surface area (Å²) in [5.74, 6) is -1.95. The van der Waals surface area contributed by atoms with E-state index in [4.69, 9.17) is 14.2 Å². The Hall–Kier alpha value is -3.34. The molecule has 5 heteroatoms. The van der Waals surface area contributed by atoms with Gasteiger partial charge in [-0.2, -0.15) is 8.78 Å². The van der Waals surface area contributed by atoms with E-state index in [9.17, 15) is 0 Å². The molecule has 0 radical (unpaired) electrons. The van der Waals surface area contributed by atoms with Gasteiger partial charge in [0.2, 0.25) is 6.29 Å². The fraction of sp³-hybridized carbons (Fsp3) is 0.310. The van der Waals surface area contributed by atoms with Crippen LogP contribution < -0.4 is 9.47 Å². The fourth-order valence-electron chi connectivity index (χ4n) is 4.21. The zero-order chi connectivity index (χ0) is 24.1. The fourth-order valence-corrected chi connectivity index (χ4v) is 4.21. The van der Waals surface area contributed by atoms with Crippen molar-refractivity contribution in [1.29, 1.82) is 0 Å². The molecule has 34 heavy (non-hydrogen) atoms. The molecule has 0 aliphatic heterocycles. The predicted octanol–water partition coefficient (Wildman–Crippen LogP) is 8.32. The third kappa shape index (κ3) is 4.79. The van der Waals surface area contributed by atoms with Crippen LogP contribution in [0.25, 0.3) is 22.3 Å². The zero-order valence-electron chi connectivity index (χ0n) is 19.7. The Morgan fingerprint density at radius 3 is 2.18 bits per heavy atom. The topological polar surface area (TPSA) is 27.7 Å². The molecule has 0 N–H and O–H groups in total. The van der Waals surface area contributed by atoms with Crippen molar-refractivity contribution < 1.29 is 23.0 Å². The molecule has 0 saturated carbocycles. The van der Waals surface area contributed by atoms with Gasteiger partial charge in [0.05, 0.1) is 12.9 Å². The number of benzene rings is 3. The Bertz CT molecular complexity index is 1140. The highest BCUT2D eigenvalue weighted by molar-refractivity contribution is 5.83. The summed E-state index contributed by atoms with van der Waals surface area (Å²) in [6.45, 7) is 8.16. The smallest absolute Gasteiger partial charge is 0.299 e. The van der Waals surface area contributed by atoms with Crippen molar-refractivity contribution in [3.8, 4) is 33.8 Å². The molecule has 3 aromatic carbocycles. The minimum atomic E-state index is -3.08. The molecule has 1 aliphatic carbocycles. The molecule has 0 amide bonds. The Kier molecular flexibility index (Phi) is 7.20. The van der Waals surface area contributed by atoms with Gasteiger partial charge in [-0.15, -0.1) is 0 Å². The molecule has 0 heterocycles. The number of halogens is 2. The van der Waals surface area contributed by atoms with Crippen molar-refractivity contribution in [3.05, 3.63) is 84.6 Å². The number of hydrogen-bond acceptors (Lipinski definition) is 3. The molecule has 3 nitrogen and oxygen atoms in total. The number of fused-ring (bicyclic) bond motifs is 3. The first-order valence-corrected chi connectivity index (χ1v) is 11.8.